The van der Waals surface area contributed by atoms with Gasteiger partial charge in [-0.15, -0.1) is 0 Å². The third kappa shape index (κ3) is 5.40. The van der Waals surface area contributed by atoms with E-state index in [2.05, 4.69) is 22.5 Å². The van der Waals surface area contributed by atoms with Crippen LogP contribution in [-0.2, 0) is 4.79 Å². The highest BCUT2D eigenvalue weighted by Crippen LogP contribution is 2.18. The molecule has 152 valence electrons. The van der Waals surface area contributed by atoms with Gasteiger partial charge in [-0.25, -0.2) is 0 Å². The van der Waals surface area contributed by atoms with Crippen molar-refractivity contribution in [2.75, 3.05) is 18.4 Å². The van der Waals surface area contributed by atoms with Crippen LogP contribution in [0.3, 0.4) is 0 Å². The second-order valence-corrected chi connectivity index (χ2v) is 7.47. The van der Waals surface area contributed by atoms with E-state index in [0.29, 0.717) is 22.7 Å². The third-order valence-corrected chi connectivity index (χ3v) is 5.15. The maximum atomic E-state index is 12.6. The number of anilines is 1. The van der Waals surface area contributed by atoms with Crippen molar-refractivity contribution in [3.05, 3.63) is 59.9 Å². The van der Waals surface area contributed by atoms with E-state index in [0.717, 1.165) is 25.9 Å². The Morgan fingerprint density at radius 1 is 1.00 bits per heavy atom. The van der Waals surface area contributed by atoms with Crippen molar-refractivity contribution in [1.29, 1.82) is 0 Å². The van der Waals surface area contributed by atoms with Gasteiger partial charge in [0.25, 0.3) is 11.8 Å². The summed E-state index contributed by atoms with van der Waals surface area (Å²) < 4.78 is 0. The van der Waals surface area contributed by atoms with Gasteiger partial charge in [0.2, 0.25) is 5.91 Å². The summed E-state index contributed by atoms with van der Waals surface area (Å²) in [5.41, 5.74) is 1.58. The normalized spacial score (nSPS) is 15.4. The Kier molecular flexibility index (Phi) is 6.59. The lowest BCUT2D eigenvalue weighted by atomic mass is 9.98. The zero-order chi connectivity index (χ0) is 20.8. The highest BCUT2D eigenvalue weighted by atomic mass is 16.2. The number of hydrogen-bond donors (Lipinski definition) is 2. The van der Waals surface area contributed by atoms with Gasteiger partial charge in [-0.3, -0.25) is 19.4 Å². The van der Waals surface area contributed by atoms with Crippen molar-refractivity contribution in [3.63, 3.8) is 0 Å². The van der Waals surface area contributed by atoms with E-state index in [1.807, 2.05) is 4.90 Å². The fourth-order valence-corrected chi connectivity index (χ4v) is 3.19. The number of benzene rings is 1. The average Bonchev–Trinajstić information content (AvgIpc) is 2.74. The zero-order valence-electron chi connectivity index (χ0n) is 16.7. The predicted molar refractivity (Wildman–Crippen MR) is 111 cm³/mol. The summed E-state index contributed by atoms with van der Waals surface area (Å²) in [4.78, 5) is 43.0. The van der Waals surface area contributed by atoms with Crippen molar-refractivity contribution < 1.29 is 14.4 Å². The Labute approximate surface area is 170 Å². The van der Waals surface area contributed by atoms with Crippen LogP contribution in [-0.4, -0.2) is 46.7 Å². The van der Waals surface area contributed by atoms with Gasteiger partial charge < -0.3 is 15.5 Å². The molecule has 0 radical (unpaired) electrons. The number of nitrogens with zero attached hydrogens (tertiary/aromatic N) is 2. The van der Waals surface area contributed by atoms with Crippen molar-refractivity contribution in [1.82, 2.24) is 15.2 Å². The van der Waals surface area contributed by atoms with Gasteiger partial charge in [0, 0.05) is 42.3 Å². The van der Waals surface area contributed by atoms with Gasteiger partial charge >= 0.3 is 0 Å². The molecule has 1 aliphatic heterocycles. The van der Waals surface area contributed by atoms with Crippen molar-refractivity contribution in [2.24, 2.45) is 5.92 Å². The second-order valence-electron chi connectivity index (χ2n) is 7.47. The van der Waals surface area contributed by atoms with Crippen LogP contribution >= 0.6 is 0 Å². The molecule has 2 N–H and O–H groups in total. The Bertz CT molecular complexity index is 859. The van der Waals surface area contributed by atoms with Crippen LogP contribution in [0.1, 0.15) is 47.4 Å². The van der Waals surface area contributed by atoms with E-state index in [9.17, 15) is 14.4 Å². The average molecular weight is 394 g/mol. The highest BCUT2D eigenvalue weighted by Gasteiger charge is 2.22. The van der Waals surface area contributed by atoms with Crippen LogP contribution < -0.4 is 10.6 Å². The van der Waals surface area contributed by atoms with Crippen LogP contribution in [0, 0.1) is 5.92 Å². The van der Waals surface area contributed by atoms with E-state index in [-0.39, 0.29) is 17.7 Å². The number of pyridine rings is 1. The summed E-state index contributed by atoms with van der Waals surface area (Å²) in [5, 5.41) is 5.39. The molecule has 0 aliphatic carbocycles. The van der Waals surface area contributed by atoms with Gasteiger partial charge in [-0.2, -0.15) is 0 Å². The molecule has 1 aliphatic rings. The number of rotatable bonds is 5. The molecule has 0 bridgehead atoms. The molecule has 7 nitrogen and oxygen atoms in total. The van der Waals surface area contributed by atoms with Gasteiger partial charge in [-0.05, 0) is 62.1 Å². The number of carbonyl (C=O) groups is 3. The molecule has 7 heteroatoms. The molecule has 1 unspecified atom stereocenters. The molecular formula is C22H26N4O3. The smallest absolute Gasteiger partial charge is 0.253 e. The third-order valence-electron chi connectivity index (χ3n) is 5.15. The molecule has 1 aromatic heterocycles. The fourth-order valence-electron chi connectivity index (χ4n) is 3.19. The molecule has 2 aromatic rings. The van der Waals surface area contributed by atoms with Gasteiger partial charge in [-0.1, -0.05) is 6.92 Å². The highest BCUT2D eigenvalue weighted by molar-refractivity contribution is 6.01. The standard InChI is InChI=1S/C22H26N4O3/c1-15-9-13-26(14-10-15)22(29)18-5-3-17(4-6-18)21(28)24-16(2)20(27)25-19-7-11-23-12-8-19/h3-8,11-12,15-16H,9-10,13-14H2,1-2H3,(H,24,28)(H,23,25,27). The minimum Gasteiger partial charge on any atom is -0.341 e. The summed E-state index contributed by atoms with van der Waals surface area (Å²) in [6.07, 6.45) is 5.19. The fraction of sp³-hybridized carbons (Fsp3) is 0.364. The first kappa shape index (κ1) is 20.5. The molecule has 0 spiro atoms. The molecule has 1 aromatic carbocycles. The van der Waals surface area contributed by atoms with E-state index >= 15 is 0 Å². The van der Waals surface area contributed by atoms with Crippen LogP contribution in [0.4, 0.5) is 5.69 Å². The first-order valence-corrected chi connectivity index (χ1v) is 9.85. The van der Waals surface area contributed by atoms with Crippen molar-refractivity contribution in [2.45, 2.75) is 32.7 Å². The minimum absolute atomic E-state index is 0.00560. The number of carbonyl (C=O) groups excluding carboxylic acids is 3. The lowest BCUT2D eigenvalue weighted by Gasteiger charge is -2.30. The Hall–Kier alpha value is -3.22. The number of hydrogen-bond acceptors (Lipinski definition) is 4. The topological polar surface area (TPSA) is 91.4 Å². The van der Waals surface area contributed by atoms with Gasteiger partial charge in [0.1, 0.15) is 6.04 Å². The van der Waals surface area contributed by atoms with Crippen LogP contribution in [0.15, 0.2) is 48.8 Å². The molecule has 29 heavy (non-hydrogen) atoms. The van der Waals surface area contributed by atoms with Crippen LogP contribution in [0.5, 0.6) is 0 Å². The summed E-state index contributed by atoms with van der Waals surface area (Å²) in [6.45, 7) is 5.36. The second kappa shape index (κ2) is 9.32. The molecule has 1 fully saturated rings. The summed E-state index contributed by atoms with van der Waals surface area (Å²) in [5.74, 6) is -0.0410. The quantitative estimate of drug-likeness (QED) is 0.816. The Balaban J connectivity index is 1.55. The SMILES string of the molecule is CC1CCN(C(=O)c2ccc(C(=O)NC(C)C(=O)Nc3ccncc3)cc2)CC1. The first-order valence-electron chi connectivity index (χ1n) is 9.85. The molecule has 3 rings (SSSR count). The number of nitrogens with one attached hydrogen (secondary N) is 2. The van der Waals surface area contributed by atoms with Crippen LogP contribution in [0.2, 0.25) is 0 Å². The maximum Gasteiger partial charge on any atom is 0.253 e. The maximum absolute atomic E-state index is 12.6. The largest absolute Gasteiger partial charge is 0.341 e. The molecule has 1 saturated heterocycles. The first-order chi connectivity index (χ1) is 13.9. The molecule has 1 atom stereocenters. The van der Waals surface area contributed by atoms with E-state index in [1.165, 1.54) is 0 Å². The Morgan fingerprint density at radius 3 is 2.21 bits per heavy atom. The summed E-state index contributed by atoms with van der Waals surface area (Å²) in [6, 6.07) is 9.18. The lowest BCUT2D eigenvalue weighted by molar-refractivity contribution is -0.117. The number of likely N-dealkylation sites (tertiary alicyclic amines) is 1. The molecule has 0 saturated carbocycles. The van der Waals surface area contributed by atoms with E-state index < -0.39 is 6.04 Å². The zero-order valence-corrected chi connectivity index (χ0v) is 16.7. The van der Waals surface area contributed by atoms with E-state index in [1.54, 1.807) is 55.7 Å². The number of amides is 3. The number of piperidine rings is 1. The van der Waals surface area contributed by atoms with Crippen molar-refractivity contribution >= 4 is 23.4 Å². The molecule has 2 heterocycles. The summed E-state index contributed by atoms with van der Waals surface area (Å²) in [7, 11) is 0. The van der Waals surface area contributed by atoms with E-state index in [4.69, 9.17) is 0 Å². The lowest BCUT2D eigenvalue weighted by Crippen LogP contribution is -2.41. The number of aromatic nitrogens is 1. The van der Waals surface area contributed by atoms with Crippen molar-refractivity contribution in [3.8, 4) is 0 Å². The van der Waals surface area contributed by atoms with Gasteiger partial charge in [0.15, 0.2) is 0 Å². The molecular weight excluding hydrogens is 368 g/mol. The summed E-state index contributed by atoms with van der Waals surface area (Å²) >= 11 is 0. The minimum atomic E-state index is -0.715. The monoisotopic (exact) mass is 394 g/mol. The van der Waals surface area contributed by atoms with Crippen LogP contribution in [0.25, 0.3) is 0 Å². The molecule has 3 amide bonds. The predicted octanol–water partition coefficient (Wildman–Crippen LogP) is 2.71. The van der Waals surface area contributed by atoms with Gasteiger partial charge in [0.05, 0.1) is 0 Å². The Morgan fingerprint density at radius 2 is 1.59 bits per heavy atom.